The van der Waals surface area contributed by atoms with Crippen molar-refractivity contribution in [1.82, 2.24) is 14.5 Å². The van der Waals surface area contributed by atoms with E-state index in [1.807, 2.05) is 25.8 Å². The number of halogens is 1. The third-order valence-electron chi connectivity index (χ3n) is 4.95. The summed E-state index contributed by atoms with van der Waals surface area (Å²) in [5.41, 5.74) is -0.180. The molecular weight excluding hydrogens is 345 g/mol. The van der Waals surface area contributed by atoms with Crippen LogP contribution in [0.4, 0.5) is 4.39 Å². The Kier molecular flexibility index (Phi) is 4.63. The highest BCUT2D eigenvalue weighted by Gasteiger charge is 2.55. The Labute approximate surface area is 148 Å². The van der Waals surface area contributed by atoms with E-state index in [0.29, 0.717) is 26.1 Å². The van der Waals surface area contributed by atoms with Crippen molar-refractivity contribution in [2.24, 2.45) is 5.41 Å². The van der Waals surface area contributed by atoms with Crippen LogP contribution < -0.4 is 5.32 Å². The maximum Gasteiger partial charge on any atom is 0.243 e. The molecule has 1 unspecified atom stereocenters. The highest BCUT2D eigenvalue weighted by Crippen LogP contribution is 2.44. The van der Waals surface area contributed by atoms with Crippen LogP contribution >= 0.6 is 0 Å². The van der Waals surface area contributed by atoms with Gasteiger partial charge in [-0.3, -0.25) is 9.69 Å². The first-order valence-corrected chi connectivity index (χ1v) is 9.83. The summed E-state index contributed by atoms with van der Waals surface area (Å²) in [4.78, 5) is 14.4. The van der Waals surface area contributed by atoms with Gasteiger partial charge in [0.2, 0.25) is 15.9 Å². The van der Waals surface area contributed by atoms with Crippen molar-refractivity contribution < 1.29 is 17.6 Å². The smallest absolute Gasteiger partial charge is 0.243 e. The zero-order chi connectivity index (χ0) is 18.4. The van der Waals surface area contributed by atoms with Crippen molar-refractivity contribution in [3.8, 4) is 0 Å². The number of sulfonamides is 1. The van der Waals surface area contributed by atoms with Crippen LogP contribution in [0.1, 0.15) is 20.3 Å². The predicted octanol–water partition coefficient (Wildman–Crippen LogP) is 1.05. The van der Waals surface area contributed by atoms with E-state index in [4.69, 9.17) is 0 Å². The largest absolute Gasteiger partial charge is 0.353 e. The fraction of sp³-hybridized carbons (Fsp3) is 0.588. The molecule has 0 aromatic heterocycles. The minimum absolute atomic E-state index is 0.00535. The highest BCUT2D eigenvalue weighted by molar-refractivity contribution is 7.89. The van der Waals surface area contributed by atoms with Gasteiger partial charge in [0.25, 0.3) is 0 Å². The molecule has 8 heteroatoms. The van der Waals surface area contributed by atoms with E-state index in [1.165, 1.54) is 16.4 Å². The van der Waals surface area contributed by atoms with Gasteiger partial charge in [-0.25, -0.2) is 12.8 Å². The molecule has 1 atom stereocenters. The Morgan fingerprint density at radius 2 is 1.84 bits per heavy atom. The Balaban J connectivity index is 1.67. The average Bonchev–Trinajstić information content (AvgIpc) is 2.83. The van der Waals surface area contributed by atoms with Crippen molar-refractivity contribution in [1.29, 1.82) is 0 Å². The molecule has 2 heterocycles. The van der Waals surface area contributed by atoms with Crippen LogP contribution in [0.3, 0.4) is 0 Å². The van der Waals surface area contributed by atoms with Crippen molar-refractivity contribution in [3.63, 3.8) is 0 Å². The fourth-order valence-electron chi connectivity index (χ4n) is 3.80. The van der Waals surface area contributed by atoms with Gasteiger partial charge < -0.3 is 5.32 Å². The number of likely N-dealkylation sites (tertiary alicyclic amines) is 1. The second kappa shape index (κ2) is 6.34. The second-order valence-electron chi connectivity index (χ2n) is 7.53. The molecule has 0 radical (unpaired) electrons. The van der Waals surface area contributed by atoms with Gasteiger partial charge in [-0.15, -0.1) is 0 Å². The maximum atomic E-state index is 13.0. The summed E-state index contributed by atoms with van der Waals surface area (Å²) in [6.07, 6.45) is 0.650. The van der Waals surface area contributed by atoms with Crippen molar-refractivity contribution in [3.05, 3.63) is 30.1 Å². The van der Waals surface area contributed by atoms with Crippen molar-refractivity contribution in [2.75, 3.05) is 26.7 Å². The van der Waals surface area contributed by atoms with Gasteiger partial charge in [-0.05, 0) is 51.6 Å². The molecule has 3 rings (SSSR count). The molecule has 0 bridgehead atoms. The summed E-state index contributed by atoms with van der Waals surface area (Å²) in [5, 5.41) is 2.93. The molecule has 1 spiro atoms. The number of hydrogen-bond acceptors (Lipinski definition) is 4. The van der Waals surface area contributed by atoms with E-state index in [2.05, 4.69) is 5.32 Å². The quantitative estimate of drug-likeness (QED) is 0.861. The zero-order valence-corrected chi connectivity index (χ0v) is 15.5. The zero-order valence-electron chi connectivity index (χ0n) is 14.7. The number of nitrogens with zero attached hydrogens (tertiary/aromatic N) is 2. The van der Waals surface area contributed by atoms with E-state index in [9.17, 15) is 17.6 Å². The van der Waals surface area contributed by atoms with Crippen LogP contribution in [-0.2, 0) is 14.8 Å². The number of nitrogens with one attached hydrogen (secondary N) is 1. The minimum Gasteiger partial charge on any atom is -0.353 e. The Hall–Kier alpha value is -1.51. The van der Waals surface area contributed by atoms with Crippen LogP contribution in [0, 0.1) is 11.2 Å². The second-order valence-corrected chi connectivity index (χ2v) is 9.46. The third-order valence-corrected chi connectivity index (χ3v) is 6.76. The SMILES string of the molecule is CC(C)NC(=O)C1CC2(CN1C)CN(S(=O)(=O)c1ccc(F)cc1)C2. The van der Waals surface area contributed by atoms with Crippen molar-refractivity contribution in [2.45, 2.75) is 37.2 Å². The van der Waals surface area contributed by atoms with Crippen LogP contribution in [0.2, 0.25) is 0 Å². The van der Waals surface area contributed by atoms with E-state index in [0.717, 1.165) is 12.1 Å². The van der Waals surface area contributed by atoms with Gasteiger partial charge in [-0.2, -0.15) is 4.31 Å². The molecular formula is C17H24FN3O3S. The van der Waals surface area contributed by atoms with E-state index < -0.39 is 15.8 Å². The molecule has 2 aliphatic heterocycles. The lowest BCUT2D eigenvalue weighted by atomic mass is 9.79. The Morgan fingerprint density at radius 1 is 1.24 bits per heavy atom. The molecule has 138 valence electrons. The molecule has 0 aliphatic carbocycles. The van der Waals surface area contributed by atoms with Crippen LogP contribution in [0.25, 0.3) is 0 Å². The van der Waals surface area contributed by atoms with Gasteiger partial charge >= 0.3 is 0 Å². The van der Waals surface area contributed by atoms with E-state index >= 15 is 0 Å². The number of carbonyl (C=O) groups excluding carboxylic acids is 1. The molecule has 0 saturated carbocycles. The molecule has 25 heavy (non-hydrogen) atoms. The van der Waals surface area contributed by atoms with E-state index in [1.54, 1.807) is 0 Å². The third kappa shape index (κ3) is 3.43. The number of carbonyl (C=O) groups is 1. The fourth-order valence-corrected chi connectivity index (χ4v) is 5.47. The number of hydrogen-bond donors (Lipinski definition) is 1. The van der Waals surface area contributed by atoms with Gasteiger partial charge in [0.1, 0.15) is 5.82 Å². The molecule has 2 aliphatic rings. The number of rotatable bonds is 4. The number of amides is 1. The monoisotopic (exact) mass is 369 g/mol. The minimum atomic E-state index is -3.61. The van der Waals surface area contributed by atoms with Gasteiger partial charge in [0.05, 0.1) is 10.9 Å². The molecule has 2 saturated heterocycles. The van der Waals surface area contributed by atoms with Crippen LogP contribution in [0.15, 0.2) is 29.2 Å². The first kappa shape index (κ1) is 18.3. The van der Waals surface area contributed by atoms with Crippen LogP contribution in [0.5, 0.6) is 0 Å². The normalized spacial score (nSPS) is 23.8. The van der Waals surface area contributed by atoms with E-state index in [-0.39, 0.29) is 28.3 Å². The first-order chi connectivity index (χ1) is 11.6. The molecule has 1 aromatic rings. The Bertz CT molecular complexity index is 758. The molecule has 1 N–H and O–H groups in total. The van der Waals surface area contributed by atoms with Gasteiger partial charge in [-0.1, -0.05) is 0 Å². The predicted molar refractivity (Wildman–Crippen MR) is 91.9 cm³/mol. The van der Waals surface area contributed by atoms with Gasteiger partial charge in [0, 0.05) is 31.1 Å². The summed E-state index contributed by atoms with van der Waals surface area (Å²) in [7, 11) is -1.71. The average molecular weight is 369 g/mol. The molecule has 1 aromatic carbocycles. The number of benzene rings is 1. The highest BCUT2D eigenvalue weighted by atomic mass is 32.2. The summed E-state index contributed by atoms with van der Waals surface area (Å²) in [6.45, 7) is 5.32. The lowest BCUT2D eigenvalue weighted by Crippen LogP contribution is -2.59. The summed E-state index contributed by atoms with van der Waals surface area (Å²) in [6, 6.07) is 4.73. The standard InChI is InChI=1S/C17H24FN3O3S/c1-12(2)19-16(22)15-8-17(9-20(15)3)10-21(11-17)25(23,24)14-6-4-13(18)5-7-14/h4-7,12,15H,8-11H2,1-3H3,(H,19,22). The molecule has 2 fully saturated rings. The molecule has 6 nitrogen and oxygen atoms in total. The molecule has 1 amide bonds. The topological polar surface area (TPSA) is 69.7 Å². The lowest BCUT2D eigenvalue weighted by molar-refractivity contribution is -0.125. The maximum absolute atomic E-state index is 13.0. The van der Waals surface area contributed by atoms with Crippen molar-refractivity contribution >= 4 is 15.9 Å². The lowest BCUT2D eigenvalue weighted by Gasteiger charge is -2.46. The number of likely N-dealkylation sites (N-methyl/N-ethyl adjacent to an activating group) is 1. The first-order valence-electron chi connectivity index (χ1n) is 8.39. The summed E-state index contributed by atoms with van der Waals surface area (Å²) in [5.74, 6) is -0.468. The Morgan fingerprint density at radius 3 is 2.40 bits per heavy atom. The van der Waals surface area contributed by atoms with Crippen LogP contribution in [-0.4, -0.2) is 62.3 Å². The van der Waals surface area contributed by atoms with Gasteiger partial charge in [0.15, 0.2) is 0 Å². The summed E-state index contributed by atoms with van der Waals surface area (Å²) >= 11 is 0. The summed E-state index contributed by atoms with van der Waals surface area (Å²) < 4.78 is 39.7.